The van der Waals surface area contributed by atoms with Gasteiger partial charge in [0.15, 0.2) is 5.54 Å². The monoisotopic (exact) mass is 345 g/mol. The van der Waals surface area contributed by atoms with Crippen LogP contribution in [0, 0.1) is 13.8 Å². The number of hydrogen-bond donors (Lipinski definition) is 1. The highest BCUT2D eigenvalue weighted by molar-refractivity contribution is 5.99. The maximum absolute atomic E-state index is 13.5. The van der Waals surface area contributed by atoms with Gasteiger partial charge in [0.1, 0.15) is 5.75 Å². The second-order valence-corrected chi connectivity index (χ2v) is 7.94. The Labute approximate surface area is 152 Å². The van der Waals surface area contributed by atoms with Crippen molar-refractivity contribution in [3.63, 3.8) is 0 Å². The van der Waals surface area contributed by atoms with Crippen LogP contribution in [-0.2, 0) is 4.79 Å². The van der Waals surface area contributed by atoms with Crippen molar-refractivity contribution >= 4 is 11.6 Å². The lowest BCUT2D eigenvalue weighted by Gasteiger charge is -2.57. The van der Waals surface area contributed by atoms with Gasteiger partial charge >= 0.3 is 0 Å². The number of amides is 1. The van der Waals surface area contributed by atoms with E-state index < -0.39 is 0 Å². The number of anilines is 1. The predicted molar refractivity (Wildman–Crippen MR) is 102 cm³/mol. The number of carbonyl (C=O) groups is 1. The highest BCUT2D eigenvalue weighted by atomic mass is 16.5. The van der Waals surface area contributed by atoms with Gasteiger partial charge in [0, 0.05) is 18.5 Å². The van der Waals surface area contributed by atoms with Crippen molar-refractivity contribution in [1.82, 2.24) is 0 Å². The quantitative estimate of drug-likeness (QED) is 0.813. The van der Waals surface area contributed by atoms with Crippen LogP contribution in [0.5, 0.6) is 5.75 Å². The Morgan fingerprint density at radius 2 is 1.72 bits per heavy atom. The molecule has 0 radical (unpaired) electrons. The van der Waals surface area contributed by atoms with Crippen LogP contribution in [0.4, 0.5) is 5.69 Å². The van der Waals surface area contributed by atoms with Crippen molar-refractivity contribution in [2.75, 3.05) is 32.1 Å². The molecule has 138 valence electrons. The lowest BCUT2D eigenvalue weighted by atomic mass is 9.71. The zero-order chi connectivity index (χ0) is 18.1. The van der Waals surface area contributed by atoms with E-state index in [0.717, 1.165) is 59.5 Å². The van der Waals surface area contributed by atoms with E-state index in [2.05, 4.69) is 12.2 Å². The Morgan fingerprint density at radius 1 is 1.12 bits per heavy atom. The first-order valence-corrected chi connectivity index (χ1v) is 9.81. The minimum atomic E-state index is -0.214. The Kier molecular flexibility index (Phi) is 5.10. The van der Waals surface area contributed by atoms with E-state index in [1.54, 1.807) is 7.11 Å². The van der Waals surface area contributed by atoms with Crippen molar-refractivity contribution in [2.45, 2.75) is 64.8 Å². The fourth-order valence-electron chi connectivity index (χ4n) is 5.06. The molecule has 1 aliphatic carbocycles. The number of benzene rings is 1. The van der Waals surface area contributed by atoms with Crippen LogP contribution in [0.15, 0.2) is 12.1 Å². The third-order valence-electron chi connectivity index (χ3n) is 6.77. The Hall–Kier alpha value is -1.55. The topological polar surface area (TPSA) is 38.3 Å². The molecule has 4 heteroatoms. The molecule has 1 aromatic rings. The molecule has 0 spiro atoms. The molecule has 1 aromatic carbocycles. The maximum atomic E-state index is 13.5. The number of methoxy groups -OCH3 is 1. The van der Waals surface area contributed by atoms with E-state index in [-0.39, 0.29) is 11.4 Å². The van der Waals surface area contributed by atoms with E-state index in [1.165, 1.54) is 25.7 Å². The summed E-state index contributed by atoms with van der Waals surface area (Å²) >= 11 is 0. The van der Waals surface area contributed by atoms with Gasteiger partial charge in [0.2, 0.25) is 0 Å². The lowest BCUT2D eigenvalue weighted by molar-refractivity contribution is -0.974. The molecule has 1 saturated heterocycles. The molecule has 1 saturated carbocycles. The largest absolute Gasteiger partial charge is 0.497 e. The highest BCUT2D eigenvalue weighted by Crippen LogP contribution is 2.46. The molecule has 1 aliphatic heterocycles. The third kappa shape index (κ3) is 2.95. The molecule has 1 heterocycles. The number of nitrogens with zero attached hydrogens (tertiary/aromatic N) is 1. The number of piperidine rings is 1. The fraction of sp³-hybridized carbons (Fsp3) is 0.667. The summed E-state index contributed by atoms with van der Waals surface area (Å²) in [6, 6.07) is 4.00. The minimum Gasteiger partial charge on any atom is -0.497 e. The maximum Gasteiger partial charge on any atom is 0.285 e. The van der Waals surface area contributed by atoms with Crippen molar-refractivity contribution in [3.05, 3.63) is 23.3 Å². The van der Waals surface area contributed by atoms with Crippen molar-refractivity contribution < 1.29 is 14.0 Å². The first kappa shape index (κ1) is 18.2. The molecular formula is C21H33N2O2+. The van der Waals surface area contributed by atoms with E-state index in [0.29, 0.717) is 0 Å². The number of carbonyl (C=O) groups excluding carboxylic acids is 1. The van der Waals surface area contributed by atoms with Crippen LogP contribution < -0.4 is 10.1 Å². The van der Waals surface area contributed by atoms with E-state index in [9.17, 15) is 4.79 Å². The molecule has 3 rings (SSSR count). The summed E-state index contributed by atoms with van der Waals surface area (Å²) in [7, 11) is 1.68. The van der Waals surface area contributed by atoms with Gasteiger partial charge in [-0.05, 0) is 69.7 Å². The zero-order valence-electron chi connectivity index (χ0n) is 16.3. The molecule has 2 fully saturated rings. The molecule has 4 nitrogen and oxygen atoms in total. The summed E-state index contributed by atoms with van der Waals surface area (Å²) in [5, 5.41) is 3.32. The summed E-state index contributed by atoms with van der Waals surface area (Å²) < 4.78 is 6.34. The van der Waals surface area contributed by atoms with Gasteiger partial charge in [-0.3, -0.25) is 4.79 Å². The van der Waals surface area contributed by atoms with Gasteiger partial charge in [-0.15, -0.1) is 0 Å². The first-order valence-electron chi connectivity index (χ1n) is 9.81. The van der Waals surface area contributed by atoms with Crippen LogP contribution >= 0.6 is 0 Å². The second-order valence-electron chi connectivity index (χ2n) is 7.94. The van der Waals surface area contributed by atoms with Gasteiger partial charge in [-0.25, -0.2) is 0 Å². The average molecular weight is 346 g/mol. The summed E-state index contributed by atoms with van der Waals surface area (Å²) in [4.78, 5) is 13.5. The van der Waals surface area contributed by atoms with E-state index >= 15 is 0 Å². The first-order chi connectivity index (χ1) is 12.0. The summed E-state index contributed by atoms with van der Waals surface area (Å²) in [5.41, 5.74) is 2.89. The van der Waals surface area contributed by atoms with Crippen LogP contribution in [0.25, 0.3) is 0 Å². The Morgan fingerprint density at radius 3 is 2.16 bits per heavy atom. The van der Waals surface area contributed by atoms with Crippen LogP contribution in [-0.4, -0.2) is 42.7 Å². The standard InChI is InChI=1S/C21H32N2O2/c1-5-23(12-7-6-8-13-23)21(10-9-11-21)20(24)22-19-16(2)14-18(25-4)15-17(19)3/h14-15H,5-13H2,1-4H3/p+1. The molecule has 1 amide bonds. The number of ether oxygens (including phenoxy) is 1. The Balaban J connectivity index is 1.89. The predicted octanol–water partition coefficient (Wildman–Crippen LogP) is 4.19. The number of aryl methyl sites for hydroxylation is 2. The average Bonchev–Trinajstić information content (AvgIpc) is 2.57. The third-order valence-corrected chi connectivity index (χ3v) is 6.77. The van der Waals surface area contributed by atoms with Gasteiger partial charge in [0.05, 0.1) is 26.7 Å². The van der Waals surface area contributed by atoms with Crippen molar-refractivity contribution in [2.24, 2.45) is 0 Å². The zero-order valence-corrected chi connectivity index (χ0v) is 16.3. The molecule has 0 bridgehead atoms. The Bertz CT molecular complexity index is 620. The summed E-state index contributed by atoms with van der Waals surface area (Å²) in [5.74, 6) is 1.08. The molecule has 0 aromatic heterocycles. The number of quaternary nitrogens is 1. The van der Waals surface area contributed by atoms with Gasteiger partial charge in [-0.1, -0.05) is 0 Å². The van der Waals surface area contributed by atoms with Gasteiger partial charge in [-0.2, -0.15) is 0 Å². The molecule has 25 heavy (non-hydrogen) atoms. The minimum absolute atomic E-state index is 0.214. The van der Waals surface area contributed by atoms with E-state index in [4.69, 9.17) is 4.74 Å². The highest BCUT2D eigenvalue weighted by Gasteiger charge is 2.59. The van der Waals surface area contributed by atoms with E-state index in [1.807, 2.05) is 26.0 Å². The molecule has 1 N–H and O–H groups in total. The molecular weight excluding hydrogens is 312 g/mol. The second kappa shape index (κ2) is 6.99. The summed E-state index contributed by atoms with van der Waals surface area (Å²) in [6.45, 7) is 9.73. The number of rotatable bonds is 5. The number of hydrogen-bond acceptors (Lipinski definition) is 2. The smallest absolute Gasteiger partial charge is 0.285 e. The molecule has 0 unspecified atom stereocenters. The van der Waals surface area contributed by atoms with Gasteiger partial charge < -0.3 is 14.5 Å². The van der Waals surface area contributed by atoms with Crippen molar-refractivity contribution in [1.29, 1.82) is 0 Å². The van der Waals surface area contributed by atoms with Gasteiger partial charge in [0.25, 0.3) is 5.91 Å². The fourth-order valence-corrected chi connectivity index (χ4v) is 5.06. The van der Waals surface area contributed by atoms with Crippen LogP contribution in [0.1, 0.15) is 56.6 Å². The number of nitrogens with one attached hydrogen (secondary N) is 1. The molecule has 0 atom stereocenters. The number of likely N-dealkylation sites (tertiary alicyclic amines) is 1. The lowest BCUT2D eigenvalue weighted by Crippen LogP contribution is -2.73. The van der Waals surface area contributed by atoms with Crippen molar-refractivity contribution in [3.8, 4) is 5.75 Å². The molecule has 2 aliphatic rings. The van der Waals surface area contributed by atoms with Crippen LogP contribution in [0.2, 0.25) is 0 Å². The van der Waals surface area contributed by atoms with Crippen LogP contribution in [0.3, 0.4) is 0 Å². The SMILES string of the molecule is CC[N+]1(C2(C(=O)Nc3c(C)cc(OC)cc3C)CCC2)CCCCC1. The normalized spacial score (nSPS) is 21.3. The summed E-state index contributed by atoms with van der Waals surface area (Å²) in [6.07, 6.45) is 7.05. The number of likely N-dealkylation sites (N-methyl/N-ethyl adjacent to an activating group) is 1.